The summed E-state index contributed by atoms with van der Waals surface area (Å²) in [6, 6.07) is 4.39. The number of fused-ring (bicyclic) bond motifs is 2. The highest BCUT2D eigenvalue weighted by Gasteiger charge is 2.22. The topological polar surface area (TPSA) is 55.6 Å². The van der Waals surface area contributed by atoms with E-state index in [1.54, 1.807) is 0 Å². The second kappa shape index (κ2) is 4.04. The number of amides is 1. The standard InChI is InChI=1S/C13H16N2O2/c14-13(16)7-15-6-11-4-9-2-1-3-10(9)5-12(11)17-8-15/h4-5H,1-3,6-8H2,(H2,14,16). The number of primary amides is 1. The third-order valence-electron chi connectivity index (χ3n) is 3.45. The molecule has 1 aromatic rings. The Morgan fingerprint density at radius 1 is 1.29 bits per heavy atom. The van der Waals surface area contributed by atoms with Crippen molar-refractivity contribution in [3.8, 4) is 5.75 Å². The normalized spacial score (nSPS) is 18.4. The van der Waals surface area contributed by atoms with Gasteiger partial charge < -0.3 is 10.5 Å². The molecular formula is C13H16N2O2. The molecule has 3 rings (SSSR count). The van der Waals surface area contributed by atoms with Crippen molar-refractivity contribution in [1.82, 2.24) is 4.90 Å². The van der Waals surface area contributed by atoms with Crippen LogP contribution in [0.2, 0.25) is 0 Å². The lowest BCUT2D eigenvalue weighted by atomic mass is 10.0. The Bertz CT molecular complexity index is 471. The van der Waals surface area contributed by atoms with Crippen molar-refractivity contribution in [2.45, 2.75) is 25.8 Å². The minimum atomic E-state index is -0.307. The van der Waals surface area contributed by atoms with Crippen LogP contribution in [0.15, 0.2) is 12.1 Å². The van der Waals surface area contributed by atoms with Crippen molar-refractivity contribution in [3.63, 3.8) is 0 Å². The minimum Gasteiger partial charge on any atom is -0.478 e. The average molecular weight is 232 g/mol. The number of nitrogens with zero attached hydrogens (tertiary/aromatic N) is 1. The maximum atomic E-state index is 10.9. The summed E-state index contributed by atoms with van der Waals surface area (Å²) in [6.07, 6.45) is 3.57. The fourth-order valence-corrected chi connectivity index (χ4v) is 2.68. The van der Waals surface area contributed by atoms with E-state index in [4.69, 9.17) is 10.5 Å². The van der Waals surface area contributed by atoms with Crippen LogP contribution in [0.5, 0.6) is 5.75 Å². The highest BCUT2D eigenvalue weighted by Crippen LogP contribution is 2.32. The molecule has 0 fully saturated rings. The van der Waals surface area contributed by atoms with Gasteiger partial charge in [-0.05, 0) is 36.5 Å². The predicted molar refractivity (Wildman–Crippen MR) is 63.6 cm³/mol. The number of hydrogen-bond acceptors (Lipinski definition) is 3. The molecule has 1 aliphatic heterocycles. The zero-order valence-electron chi connectivity index (χ0n) is 9.74. The summed E-state index contributed by atoms with van der Waals surface area (Å²) < 4.78 is 5.68. The molecule has 17 heavy (non-hydrogen) atoms. The van der Waals surface area contributed by atoms with Gasteiger partial charge in [-0.3, -0.25) is 9.69 Å². The SMILES string of the molecule is NC(=O)CN1COc2cc3c(cc2C1)CCC3. The van der Waals surface area contributed by atoms with E-state index in [0.29, 0.717) is 6.73 Å². The van der Waals surface area contributed by atoms with Gasteiger partial charge >= 0.3 is 0 Å². The van der Waals surface area contributed by atoms with E-state index in [9.17, 15) is 4.79 Å². The van der Waals surface area contributed by atoms with Gasteiger partial charge in [0.05, 0.1) is 6.54 Å². The lowest BCUT2D eigenvalue weighted by Gasteiger charge is -2.28. The summed E-state index contributed by atoms with van der Waals surface area (Å²) in [7, 11) is 0. The van der Waals surface area contributed by atoms with Crippen LogP contribution in [0.25, 0.3) is 0 Å². The van der Waals surface area contributed by atoms with Gasteiger partial charge in [0.15, 0.2) is 0 Å². The molecule has 0 radical (unpaired) electrons. The molecule has 0 spiro atoms. The molecule has 0 aromatic heterocycles. The lowest BCUT2D eigenvalue weighted by Crippen LogP contribution is -2.38. The Morgan fingerprint density at radius 3 is 2.82 bits per heavy atom. The zero-order chi connectivity index (χ0) is 11.8. The third-order valence-corrected chi connectivity index (χ3v) is 3.45. The molecule has 2 N–H and O–H groups in total. The van der Waals surface area contributed by atoms with Crippen molar-refractivity contribution < 1.29 is 9.53 Å². The number of carbonyl (C=O) groups excluding carboxylic acids is 1. The molecule has 1 aliphatic carbocycles. The van der Waals surface area contributed by atoms with Crippen LogP contribution in [0.1, 0.15) is 23.1 Å². The van der Waals surface area contributed by atoms with Crippen molar-refractivity contribution >= 4 is 5.91 Å². The van der Waals surface area contributed by atoms with Crippen LogP contribution in [-0.4, -0.2) is 24.1 Å². The van der Waals surface area contributed by atoms with E-state index in [0.717, 1.165) is 18.7 Å². The summed E-state index contributed by atoms with van der Waals surface area (Å²) in [5.41, 5.74) is 9.24. The average Bonchev–Trinajstić information content (AvgIpc) is 2.72. The van der Waals surface area contributed by atoms with Gasteiger partial charge in [-0.1, -0.05) is 6.07 Å². The van der Waals surface area contributed by atoms with Crippen molar-refractivity contribution in [2.75, 3.05) is 13.3 Å². The monoisotopic (exact) mass is 232 g/mol. The maximum Gasteiger partial charge on any atom is 0.231 e. The largest absolute Gasteiger partial charge is 0.478 e. The van der Waals surface area contributed by atoms with E-state index >= 15 is 0 Å². The lowest BCUT2D eigenvalue weighted by molar-refractivity contribution is -0.120. The van der Waals surface area contributed by atoms with Gasteiger partial charge in [0.1, 0.15) is 12.5 Å². The molecule has 1 aromatic carbocycles. The molecule has 4 nitrogen and oxygen atoms in total. The fourth-order valence-electron chi connectivity index (χ4n) is 2.68. The highest BCUT2D eigenvalue weighted by atomic mass is 16.5. The van der Waals surface area contributed by atoms with Crippen LogP contribution in [0.3, 0.4) is 0 Å². The molecule has 1 amide bonds. The van der Waals surface area contributed by atoms with E-state index < -0.39 is 0 Å². The van der Waals surface area contributed by atoms with Crippen molar-refractivity contribution in [1.29, 1.82) is 0 Å². The van der Waals surface area contributed by atoms with Gasteiger partial charge in [0.25, 0.3) is 0 Å². The Morgan fingerprint density at radius 2 is 2.06 bits per heavy atom. The molecule has 0 unspecified atom stereocenters. The van der Waals surface area contributed by atoms with Crippen molar-refractivity contribution in [2.24, 2.45) is 5.73 Å². The minimum absolute atomic E-state index is 0.260. The fraction of sp³-hybridized carbons (Fsp3) is 0.462. The van der Waals surface area contributed by atoms with Gasteiger partial charge in [-0.15, -0.1) is 0 Å². The number of ether oxygens (including phenoxy) is 1. The Labute approximate surface area is 100 Å². The molecule has 0 atom stereocenters. The Kier molecular flexibility index (Phi) is 2.52. The molecule has 90 valence electrons. The Hall–Kier alpha value is -1.55. The highest BCUT2D eigenvalue weighted by molar-refractivity contribution is 5.75. The van der Waals surface area contributed by atoms with Gasteiger partial charge in [-0.25, -0.2) is 0 Å². The molecule has 1 heterocycles. The third kappa shape index (κ3) is 2.00. The van der Waals surface area contributed by atoms with Crippen molar-refractivity contribution in [3.05, 3.63) is 28.8 Å². The summed E-state index contributed by atoms with van der Waals surface area (Å²) in [5, 5.41) is 0. The second-order valence-corrected chi connectivity index (χ2v) is 4.81. The molecule has 0 saturated heterocycles. The summed E-state index contributed by atoms with van der Waals surface area (Å²) in [6.45, 7) is 1.47. The van der Waals surface area contributed by atoms with Crippen LogP contribution in [0.4, 0.5) is 0 Å². The molecule has 4 heteroatoms. The molecule has 0 bridgehead atoms. The number of aryl methyl sites for hydroxylation is 2. The van der Waals surface area contributed by atoms with Crippen LogP contribution in [-0.2, 0) is 24.2 Å². The van der Waals surface area contributed by atoms with E-state index in [1.165, 1.54) is 29.5 Å². The predicted octanol–water partition coefficient (Wildman–Crippen LogP) is 0.812. The number of nitrogens with two attached hydrogens (primary N) is 1. The van der Waals surface area contributed by atoms with Gasteiger partial charge in [0.2, 0.25) is 5.91 Å². The summed E-state index contributed by atoms with van der Waals surface area (Å²) >= 11 is 0. The number of rotatable bonds is 2. The quantitative estimate of drug-likeness (QED) is 0.821. The maximum absolute atomic E-state index is 10.9. The number of carbonyl (C=O) groups is 1. The Balaban J connectivity index is 1.84. The van der Waals surface area contributed by atoms with Crippen LogP contribution >= 0.6 is 0 Å². The van der Waals surface area contributed by atoms with Gasteiger partial charge in [-0.2, -0.15) is 0 Å². The number of hydrogen-bond donors (Lipinski definition) is 1. The first kappa shape index (κ1) is 10.6. The van der Waals surface area contributed by atoms with E-state index in [2.05, 4.69) is 12.1 Å². The summed E-state index contributed by atoms with van der Waals surface area (Å²) in [5.74, 6) is 0.671. The number of benzene rings is 1. The first-order valence-corrected chi connectivity index (χ1v) is 6.00. The van der Waals surface area contributed by atoms with E-state index in [1.807, 2.05) is 4.90 Å². The first-order chi connectivity index (χ1) is 8.22. The molecular weight excluding hydrogens is 216 g/mol. The summed E-state index contributed by atoms with van der Waals surface area (Å²) in [4.78, 5) is 12.8. The molecule has 2 aliphatic rings. The smallest absolute Gasteiger partial charge is 0.231 e. The van der Waals surface area contributed by atoms with Crippen LogP contribution in [0, 0.1) is 0 Å². The first-order valence-electron chi connectivity index (χ1n) is 6.00. The zero-order valence-corrected chi connectivity index (χ0v) is 9.74. The second-order valence-electron chi connectivity index (χ2n) is 4.81. The van der Waals surface area contributed by atoms with Crippen LogP contribution < -0.4 is 10.5 Å². The van der Waals surface area contributed by atoms with E-state index in [-0.39, 0.29) is 12.5 Å². The van der Waals surface area contributed by atoms with Gasteiger partial charge in [0, 0.05) is 12.1 Å². The molecule has 0 saturated carbocycles.